The Hall–Kier alpha value is -2.12. The van der Waals surface area contributed by atoms with E-state index in [1.165, 1.54) is 20.3 Å². The number of hydrogen-bond donors (Lipinski definition) is 3. The van der Waals surface area contributed by atoms with Crippen LogP contribution in [0, 0.1) is 0 Å². The van der Waals surface area contributed by atoms with E-state index in [0.29, 0.717) is 5.88 Å². The minimum absolute atomic E-state index is 0.273. The molecule has 0 spiro atoms. The number of urea groups is 1. The first kappa shape index (κ1) is 9.96. The van der Waals surface area contributed by atoms with Crippen LogP contribution >= 0.6 is 0 Å². The molecule has 4 N–H and O–H groups in total. The van der Waals surface area contributed by atoms with Gasteiger partial charge in [-0.2, -0.15) is 0 Å². The third-order valence-electron chi connectivity index (χ3n) is 1.31. The van der Waals surface area contributed by atoms with Crippen LogP contribution in [0.2, 0.25) is 0 Å². The van der Waals surface area contributed by atoms with Gasteiger partial charge in [-0.1, -0.05) is 10.3 Å². The van der Waals surface area contributed by atoms with Gasteiger partial charge in [0.05, 0.1) is 20.3 Å². The molecule has 0 saturated carbocycles. The van der Waals surface area contributed by atoms with Crippen molar-refractivity contribution < 1.29 is 14.3 Å². The molecule has 0 aliphatic carbocycles. The second-order valence-electron chi connectivity index (χ2n) is 2.25. The van der Waals surface area contributed by atoms with Crippen LogP contribution < -0.4 is 16.6 Å². The molecule has 1 aliphatic heterocycles. The fourth-order valence-electron chi connectivity index (χ4n) is 0.763. The first-order valence-corrected chi connectivity index (χ1v) is 3.67. The number of amides is 2. The molecule has 0 atom stereocenters. The number of rotatable bonds is 2. The van der Waals surface area contributed by atoms with Crippen molar-refractivity contribution in [3.8, 4) is 0 Å². The van der Waals surface area contributed by atoms with E-state index in [4.69, 9.17) is 15.2 Å². The average Bonchev–Trinajstić information content (AvgIpc) is 2.16. The summed E-state index contributed by atoms with van der Waals surface area (Å²) < 4.78 is 9.75. The Labute approximate surface area is 80.3 Å². The van der Waals surface area contributed by atoms with Crippen LogP contribution in [0.3, 0.4) is 0 Å². The van der Waals surface area contributed by atoms with Crippen LogP contribution in [0.15, 0.2) is 17.1 Å². The number of hydrazone groups is 1. The summed E-state index contributed by atoms with van der Waals surface area (Å²) in [6, 6.07) is -0.756. The zero-order valence-corrected chi connectivity index (χ0v) is 7.77. The molecule has 0 fully saturated rings. The molecular formula is C6H11N5O3. The zero-order chi connectivity index (χ0) is 10.6. The summed E-state index contributed by atoms with van der Waals surface area (Å²) in [6.45, 7) is 0. The standard InChI is InChI=1S/C6H11N5O3/c1-13-4-3-5(14-2)9-11(8-4)10-6(7)12/h3,8H,1-2H3,(H3,7,10,12). The smallest absolute Gasteiger partial charge is 0.333 e. The van der Waals surface area contributed by atoms with Crippen LogP contribution in [0.5, 0.6) is 0 Å². The predicted molar refractivity (Wildman–Crippen MR) is 47.2 cm³/mol. The number of carbonyl (C=O) groups excluding carboxylic acids is 1. The Morgan fingerprint density at radius 2 is 2.36 bits per heavy atom. The highest BCUT2D eigenvalue weighted by Crippen LogP contribution is 2.01. The van der Waals surface area contributed by atoms with Crippen molar-refractivity contribution in [3.05, 3.63) is 12.0 Å². The van der Waals surface area contributed by atoms with E-state index in [2.05, 4.69) is 16.0 Å². The van der Waals surface area contributed by atoms with Gasteiger partial charge < -0.3 is 15.2 Å². The van der Waals surface area contributed by atoms with E-state index in [9.17, 15) is 4.79 Å². The summed E-state index contributed by atoms with van der Waals surface area (Å²) in [4.78, 5) is 10.5. The molecule has 1 aliphatic rings. The van der Waals surface area contributed by atoms with E-state index in [0.717, 1.165) is 5.23 Å². The van der Waals surface area contributed by atoms with Crippen molar-refractivity contribution in [2.75, 3.05) is 14.2 Å². The summed E-state index contributed by atoms with van der Waals surface area (Å²) in [6.07, 6.45) is 1.51. The minimum atomic E-state index is -0.756. The number of nitrogens with zero attached hydrogens (tertiary/aromatic N) is 2. The highest BCUT2D eigenvalue weighted by molar-refractivity contribution is 5.88. The number of hydrogen-bond acceptors (Lipinski definition) is 6. The van der Waals surface area contributed by atoms with Crippen LogP contribution in [0.25, 0.3) is 0 Å². The molecule has 0 radical (unpaired) electrons. The molecule has 0 saturated heterocycles. The van der Waals surface area contributed by atoms with Gasteiger partial charge in [-0.3, -0.25) is 0 Å². The van der Waals surface area contributed by atoms with Gasteiger partial charge in [-0.05, 0) is 0 Å². The Morgan fingerprint density at radius 3 is 2.86 bits per heavy atom. The van der Waals surface area contributed by atoms with Gasteiger partial charge in [0.15, 0.2) is 0 Å². The van der Waals surface area contributed by atoms with E-state index < -0.39 is 6.03 Å². The average molecular weight is 201 g/mol. The maximum Gasteiger partial charge on any atom is 0.333 e. The first-order chi connectivity index (χ1) is 6.65. The summed E-state index contributed by atoms with van der Waals surface area (Å²) in [5.41, 5.74) is 9.67. The number of hydrazine groups is 2. The van der Waals surface area contributed by atoms with Crippen LogP contribution in [0.4, 0.5) is 4.79 Å². The topological polar surface area (TPSA) is 101 Å². The zero-order valence-electron chi connectivity index (χ0n) is 7.77. The quantitative estimate of drug-likeness (QED) is 0.523. The Bertz CT molecular complexity index is 287. The monoisotopic (exact) mass is 201 g/mol. The molecule has 1 heterocycles. The third kappa shape index (κ3) is 2.44. The lowest BCUT2D eigenvalue weighted by Gasteiger charge is -2.24. The molecular weight excluding hydrogens is 190 g/mol. The summed E-state index contributed by atoms with van der Waals surface area (Å²) in [7, 11) is 2.90. The third-order valence-corrected chi connectivity index (χ3v) is 1.31. The highest BCUT2D eigenvalue weighted by Gasteiger charge is 2.14. The van der Waals surface area contributed by atoms with Gasteiger partial charge in [-0.25, -0.2) is 15.6 Å². The summed E-state index contributed by atoms with van der Waals surface area (Å²) in [5.74, 6) is 0.639. The van der Waals surface area contributed by atoms with Crippen molar-refractivity contribution in [2.45, 2.75) is 0 Å². The van der Waals surface area contributed by atoms with Crippen molar-refractivity contribution in [2.24, 2.45) is 10.8 Å². The highest BCUT2D eigenvalue weighted by atomic mass is 16.5. The lowest BCUT2D eigenvalue weighted by Crippen LogP contribution is -2.51. The first-order valence-electron chi connectivity index (χ1n) is 3.67. The van der Waals surface area contributed by atoms with Crippen molar-refractivity contribution in [1.29, 1.82) is 0 Å². The number of ether oxygens (including phenoxy) is 2. The molecule has 0 aromatic carbocycles. The number of nitrogens with two attached hydrogens (primary N) is 1. The number of methoxy groups -OCH3 is 2. The van der Waals surface area contributed by atoms with Crippen LogP contribution in [-0.2, 0) is 9.47 Å². The van der Waals surface area contributed by atoms with E-state index >= 15 is 0 Å². The molecule has 0 aromatic heterocycles. The van der Waals surface area contributed by atoms with E-state index in [1.807, 2.05) is 0 Å². The lowest BCUT2D eigenvalue weighted by atomic mass is 10.5. The van der Waals surface area contributed by atoms with Crippen LogP contribution in [0.1, 0.15) is 0 Å². The molecule has 2 amide bonds. The van der Waals surface area contributed by atoms with Crippen LogP contribution in [-0.4, -0.2) is 31.4 Å². The van der Waals surface area contributed by atoms with Gasteiger partial charge in [0, 0.05) is 0 Å². The second kappa shape index (κ2) is 4.21. The fraction of sp³-hybridized carbons (Fsp3) is 0.333. The molecule has 0 aromatic rings. The van der Waals surface area contributed by atoms with Gasteiger partial charge in [0.2, 0.25) is 11.8 Å². The molecule has 0 bridgehead atoms. The largest absolute Gasteiger partial charge is 0.481 e. The normalized spacial score (nSPS) is 14.9. The van der Waals surface area contributed by atoms with Gasteiger partial charge in [-0.15, -0.1) is 0 Å². The van der Waals surface area contributed by atoms with Gasteiger partial charge in [0.25, 0.3) is 0 Å². The maximum absolute atomic E-state index is 10.5. The van der Waals surface area contributed by atoms with E-state index in [-0.39, 0.29) is 5.90 Å². The second-order valence-corrected chi connectivity index (χ2v) is 2.25. The number of primary amides is 1. The number of carbonyl (C=O) groups is 1. The fourth-order valence-corrected chi connectivity index (χ4v) is 0.763. The number of nitrogens with one attached hydrogen (secondary N) is 2. The molecule has 14 heavy (non-hydrogen) atoms. The Morgan fingerprint density at radius 1 is 1.64 bits per heavy atom. The van der Waals surface area contributed by atoms with Gasteiger partial charge in [0.1, 0.15) is 0 Å². The molecule has 1 rings (SSSR count). The van der Waals surface area contributed by atoms with Crippen molar-refractivity contribution in [3.63, 3.8) is 0 Å². The van der Waals surface area contributed by atoms with Crippen molar-refractivity contribution in [1.82, 2.24) is 16.1 Å². The lowest BCUT2D eigenvalue weighted by molar-refractivity contribution is 0.0952. The molecule has 0 unspecified atom stereocenters. The van der Waals surface area contributed by atoms with Crippen molar-refractivity contribution >= 4 is 11.9 Å². The van der Waals surface area contributed by atoms with Gasteiger partial charge >= 0.3 is 6.03 Å². The van der Waals surface area contributed by atoms with E-state index in [1.54, 1.807) is 0 Å². The molecule has 8 heteroatoms. The summed E-state index contributed by atoms with van der Waals surface area (Å²) in [5, 5.41) is 4.77. The Balaban J connectivity index is 2.70. The summed E-state index contributed by atoms with van der Waals surface area (Å²) >= 11 is 0. The minimum Gasteiger partial charge on any atom is -0.481 e. The maximum atomic E-state index is 10.5. The molecule has 78 valence electrons. The predicted octanol–water partition coefficient (Wildman–Crippen LogP) is -1.16. The SMILES string of the molecule is COC1=CC(OC)=NN(NC(N)=O)N1. The Kier molecular flexibility index (Phi) is 3.00. The molecule has 8 nitrogen and oxygen atoms in total.